The standard InChI is InChI=1S/C13H24N2O3S/c1-9(2)13(4,5)8-15-19(16,17)12-6-11(7-14)18-10(12)3/h6,9,15H,7-8,14H2,1-5H3. The van der Waals surface area contributed by atoms with Gasteiger partial charge in [0.1, 0.15) is 16.4 Å². The minimum Gasteiger partial charge on any atom is -0.464 e. The molecule has 0 atom stereocenters. The summed E-state index contributed by atoms with van der Waals surface area (Å²) in [5, 5.41) is 0. The Morgan fingerprint density at radius 3 is 2.42 bits per heavy atom. The van der Waals surface area contributed by atoms with Crippen molar-refractivity contribution in [3.05, 3.63) is 17.6 Å². The van der Waals surface area contributed by atoms with Gasteiger partial charge < -0.3 is 10.2 Å². The Labute approximate surface area is 115 Å². The van der Waals surface area contributed by atoms with Gasteiger partial charge in [-0.15, -0.1) is 0 Å². The summed E-state index contributed by atoms with van der Waals surface area (Å²) in [5.41, 5.74) is 5.34. The number of hydrogen-bond donors (Lipinski definition) is 2. The van der Waals surface area contributed by atoms with Crippen molar-refractivity contribution < 1.29 is 12.8 Å². The van der Waals surface area contributed by atoms with Crippen LogP contribution in [-0.2, 0) is 16.6 Å². The molecule has 1 aromatic rings. The fourth-order valence-electron chi connectivity index (χ4n) is 1.45. The summed E-state index contributed by atoms with van der Waals surface area (Å²) < 4.78 is 32.4. The van der Waals surface area contributed by atoms with E-state index < -0.39 is 10.0 Å². The Morgan fingerprint density at radius 2 is 2.00 bits per heavy atom. The molecule has 110 valence electrons. The second-order valence-corrected chi connectivity index (χ2v) is 7.54. The molecule has 0 aliphatic carbocycles. The van der Waals surface area contributed by atoms with Crippen LogP contribution in [0.2, 0.25) is 0 Å². The molecular weight excluding hydrogens is 264 g/mol. The van der Waals surface area contributed by atoms with Crippen LogP contribution in [0.1, 0.15) is 39.2 Å². The van der Waals surface area contributed by atoms with Crippen molar-refractivity contribution in [1.29, 1.82) is 0 Å². The van der Waals surface area contributed by atoms with Gasteiger partial charge in [-0.1, -0.05) is 27.7 Å². The number of rotatable bonds is 6. The second kappa shape index (κ2) is 5.64. The molecule has 0 unspecified atom stereocenters. The number of aryl methyl sites for hydroxylation is 1. The van der Waals surface area contributed by atoms with Crippen molar-refractivity contribution in [3.63, 3.8) is 0 Å². The highest BCUT2D eigenvalue weighted by atomic mass is 32.2. The molecule has 0 spiro atoms. The molecule has 1 heterocycles. The van der Waals surface area contributed by atoms with Crippen LogP contribution in [0, 0.1) is 18.3 Å². The van der Waals surface area contributed by atoms with Crippen LogP contribution >= 0.6 is 0 Å². The van der Waals surface area contributed by atoms with Crippen LogP contribution in [0.4, 0.5) is 0 Å². The molecule has 1 aromatic heterocycles. The SMILES string of the molecule is Cc1oc(CN)cc1S(=O)(=O)NCC(C)(C)C(C)C. The van der Waals surface area contributed by atoms with Crippen molar-refractivity contribution >= 4 is 10.0 Å². The Balaban J connectivity index is 2.90. The zero-order chi connectivity index (χ0) is 14.8. The second-order valence-electron chi connectivity index (χ2n) is 5.81. The van der Waals surface area contributed by atoms with Gasteiger partial charge in [0.15, 0.2) is 0 Å². The van der Waals surface area contributed by atoms with Crippen molar-refractivity contribution in [2.45, 2.75) is 46.1 Å². The lowest BCUT2D eigenvalue weighted by molar-refractivity contribution is 0.252. The Bertz CT molecular complexity index is 530. The molecule has 0 radical (unpaired) electrons. The van der Waals surface area contributed by atoms with Crippen molar-refractivity contribution in [1.82, 2.24) is 4.72 Å². The summed E-state index contributed by atoms with van der Waals surface area (Å²) in [6, 6.07) is 1.49. The molecule has 0 aliphatic heterocycles. The highest BCUT2D eigenvalue weighted by molar-refractivity contribution is 7.89. The highest BCUT2D eigenvalue weighted by Gasteiger charge is 2.27. The predicted octanol–water partition coefficient (Wildman–Crippen LogP) is 2.01. The lowest BCUT2D eigenvalue weighted by atomic mass is 9.81. The third-order valence-corrected chi connectivity index (χ3v) is 5.20. The zero-order valence-corrected chi connectivity index (χ0v) is 13.1. The number of nitrogens with two attached hydrogens (primary N) is 1. The summed E-state index contributed by atoms with van der Waals surface area (Å²) >= 11 is 0. The molecule has 3 N–H and O–H groups in total. The van der Waals surface area contributed by atoms with E-state index in [1.54, 1.807) is 6.92 Å². The van der Waals surface area contributed by atoms with Gasteiger partial charge in [-0.3, -0.25) is 0 Å². The molecule has 0 saturated heterocycles. The quantitative estimate of drug-likeness (QED) is 0.838. The molecule has 0 saturated carbocycles. The van der Waals surface area contributed by atoms with Crippen LogP contribution in [0.5, 0.6) is 0 Å². The largest absolute Gasteiger partial charge is 0.464 e. The van der Waals surface area contributed by atoms with E-state index in [0.29, 0.717) is 24.0 Å². The predicted molar refractivity (Wildman–Crippen MR) is 75.1 cm³/mol. The van der Waals surface area contributed by atoms with Gasteiger partial charge in [-0.25, -0.2) is 13.1 Å². The first kappa shape index (κ1) is 16.2. The van der Waals surface area contributed by atoms with E-state index in [-0.39, 0.29) is 16.9 Å². The van der Waals surface area contributed by atoms with Crippen LogP contribution in [0.25, 0.3) is 0 Å². The number of hydrogen-bond acceptors (Lipinski definition) is 4. The summed E-state index contributed by atoms with van der Waals surface area (Å²) in [7, 11) is -3.55. The maximum atomic E-state index is 12.2. The number of furan rings is 1. The first-order chi connectivity index (χ1) is 8.60. The Hall–Kier alpha value is -0.850. The van der Waals surface area contributed by atoms with E-state index >= 15 is 0 Å². The molecule has 6 heteroatoms. The average molecular weight is 288 g/mol. The third kappa shape index (κ3) is 3.81. The molecular formula is C13H24N2O3S. The van der Waals surface area contributed by atoms with Crippen molar-refractivity contribution in [3.8, 4) is 0 Å². The number of sulfonamides is 1. The summed E-state index contributed by atoms with van der Waals surface area (Å²) in [4.78, 5) is 0.174. The molecule has 0 aliphatic rings. The maximum absolute atomic E-state index is 12.2. The third-order valence-electron chi connectivity index (χ3n) is 3.69. The van der Waals surface area contributed by atoms with E-state index in [0.717, 1.165) is 0 Å². The van der Waals surface area contributed by atoms with E-state index in [1.807, 2.05) is 13.8 Å². The van der Waals surface area contributed by atoms with Crippen molar-refractivity contribution in [2.75, 3.05) is 6.54 Å². The van der Waals surface area contributed by atoms with Gasteiger partial charge >= 0.3 is 0 Å². The lowest BCUT2D eigenvalue weighted by Crippen LogP contribution is -2.37. The molecule has 19 heavy (non-hydrogen) atoms. The van der Waals surface area contributed by atoms with Crippen LogP contribution < -0.4 is 10.5 Å². The zero-order valence-electron chi connectivity index (χ0n) is 12.3. The fraction of sp³-hybridized carbons (Fsp3) is 0.692. The van der Waals surface area contributed by atoms with Gasteiger partial charge in [0.2, 0.25) is 10.0 Å². The van der Waals surface area contributed by atoms with Gasteiger partial charge in [0, 0.05) is 12.6 Å². The smallest absolute Gasteiger partial charge is 0.244 e. The average Bonchev–Trinajstić information content (AvgIpc) is 2.69. The van der Waals surface area contributed by atoms with Crippen molar-refractivity contribution in [2.24, 2.45) is 17.1 Å². The van der Waals surface area contributed by atoms with E-state index in [4.69, 9.17) is 10.2 Å². The van der Waals surface area contributed by atoms with Gasteiger partial charge in [0.25, 0.3) is 0 Å². The van der Waals surface area contributed by atoms with E-state index in [9.17, 15) is 8.42 Å². The fourth-order valence-corrected chi connectivity index (χ4v) is 2.88. The molecule has 0 fully saturated rings. The van der Waals surface area contributed by atoms with E-state index in [1.165, 1.54) is 6.07 Å². The first-order valence-electron chi connectivity index (χ1n) is 6.39. The van der Waals surface area contributed by atoms with Gasteiger partial charge in [-0.05, 0) is 18.3 Å². The summed E-state index contributed by atoms with van der Waals surface area (Å²) in [6.45, 7) is 10.4. The van der Waals surface area contributed by atoms with E-state index in [2.05, 4.69) is 18.6 Å². The molecule has 0 aromatic carbocycles. The first-order valence-corrected chi connectivity index (χ1v) is 7.87. The molecule has 0 bridgehead atoms. The van der Waals surface area contributed by atoms with Gasteiger partial charge in [-0.2, -0.15) is 0 Å². The number of nitrogens with one attached hydrogen (secondary N) is 1. The minimum atomic E-state index is -3.55. The highest BCUT2D eigenvalue weighted by Crippen LogP contribution is 2.26. The molecule has 1 rings (SSSR count). The Morgan fingerprint density at radius 1 is 1.42 bits per heavy atom. The molecule has 0 amide bonds. The van der Waals surface area contributed by atoms with Crippen LogP contribution in [0.3, 0.4) is 0 Å². The Kier molecular flexibility index (Phi) is 4.81. The summed E-state index contributed by atoms with van der Waals surface area (Å²) in [6.07, 6.45) is 0. The normalized spacial score (nSPS) is 13.2. The lowest BCUT2D eigenvalue weighted by Gasteiger charge is -2.29. The summed E-state index contributed by atoms with van der Waals surface area (Å²) in [5.74, 6) is 1.22. The maximum Gasteiger partial charge on any atom is 0.244 e. The molecule has 5 nitrogen and oxygen atoms in total. The van der Waals surface area contributed by atoms with Crippen LogP contribution in [-0.4, -0.2) is 15.0 Å². The monoisotopic (exact) mass is 288 g/mol. The minimum absolute atomic E-state index is 0.110. The van der Waals surface area contributed by atoms with Gasteiger partial charge in [0.05, 0.1) is 6.54 Å². The topological polar surface area (TPSA) is 85.3 Å². The van der Waals surface area contributed by atoms with Crippen LogP contribution in [0.15, 0.2) is 15.4 Å².